The second-order valence-corrected chi connectivity index (χ2v) is 8.59. The quantitative estimate of drug-likeness (QED) is 0.871. The second kappa shape index (κ2) is 8.07. The second-order valence-electron chi connectivity index (χ2n) is 7.68. The molecule has 1 aliphatic heterocycles. The minimum atomic E-state index is -0.546. The molecule has 2 fully saturated rings. The maximum Gasteiger partial charge on any atom is 0.128 e. The lowest BCUT2D eigenvalue weighted by Gasteiger charge is -2.35. The summed E-state index contributed by atoms with van der Waals surface area (Å²) >= 11 is 1.75. The van der Waals surface area contributed by atoms with Crippen LogP contribution in [0.25, 0.3) is 0 Å². The van der Waals surface area contributed by atoms with Gasteiger partial charge in [-0.15, -0.1) is 11.3 Å². The van der Waals surface area contributed by atoms with Crippen molar-refractivity contribution in [3.05, 3.63) is 46.3 Å². The van der Waals surface area contributed by atoms with Crippen LogP contribution in [0.1, 0.15) is 42.5 Å². The van der Waals surface area contributed by atoms with E-state index in [-0.39, 0.29) is 0 Å². The van der Waals surface area contributed by atoms with E-state index >= 15 is 0 Å². The van der Waals surface area contributed by atoms with Crippen molar-refractivity contribution in [2.24, 2.45) is 0 Å². The van der Waals surface area contributed by atoms with Crippen molar-refractivity contribution in [2.75, 3.05) is 37.6 Å². The number of thiophene rings is 1. The van der Waals surface area contributed by atoms with E-state index in [0.29, 0.717) is 0 Å². The highest BCUT2D eigenvalue weighted by Gasteiger charge is 2.32. The minimum absolute atomic E-state index is 0.546. The molecule has 5 heteroatoms. The summed E-state index contributed by atoms with van der Waals surface area (Å²) in [6, 6.07) is 8.39. The topological polar surface area (TPSA) is 39.6 Å². The van der Waals surface area contributed by atoms with Crippen LogP contribution in [0.3, 0.4) is 0 Å². The summed E-state index contributed by atoms with van der Waals surface area (Å²) in [5, 5.41) is 13.2. The van der Waals surface area contributed by atoms with Crippen LogP contribution >= 0.6 is 11.3 Å². The molecule has 3 heterocycles. The van der Waals surface area contributed by atoms with Crippen LogP contribution in [0, 0.1) is 0 Å². The van der Waals surface area contributed by atoms with Crippen molar-refractivity contribution >= 4 is 17.2 Å². The first-order valence-corrected chi connectivity index (χ1v) is 10.8. The molecule has 1 saturated heterocycles. The molecule has 4 nitrogen and oxygen atoms in total. The molecule has 2 aliphatic rings. The van der Waals surface area contributed by atoms with Crippen molar-refractivity contribution in [2.45, 2.75) is 44.1 Å². The summed E-state index contributed by atoms with van der Waals surface area (Å²) in [5.74, 6) is 1.09. The van der Waals surface area contributed by atoms with Crippen molar-refractivity contribution < 1.29 is 5.11 Å². The summed E-state index contributed by atoms with van der Waals surface area (Å²) < 4.78 is 0. The Morgan fingerprint density at radius 2 is 1.88 bits per heavy atom. The van der Waals surface area contributed by atoms with E-state index in [4.69, 9.17) is 0 Å². The SMILES string of the molecule is OC1(c2cc(CCN3CCN(c4ccccn4)CC3)cs2)CCCCC1. The largest absolute Gasteiger partial charge is 0.384 e. The number of nitrogens with zero attached hydrogens (tertiary/aromatic N) is 3. The summed E-state index contributed by atoms with van der Waals surface area (Å²) in [5.41, 5.74) is 0.839. The number of aliphatic hydroxyl groups is 1. The van der Waals surface area contributed by atoms with Gasteiger partial charge in [0.2, 0.25) is 0 Å². The van der Waals surface area contributed by atoms with Gasteiger partial charge in [-0.05, 0) is 48.4 Å². The third-order valence-electron chi connectivity index (χ3n) is 5.86. The van der Waals surface area contributed by atoms with Crippen molar-refractivity contribution in [1.29, 1.82) is 0 Å². The summed E-state index contributed by atoms with van der Waals surface area (Å²) in [7, 11) is 0. The first kappa shape index (κ1) is 18.0. The molecule has 1 saturated carbocycles. The molecular weight excluding hydrogens is 342 g/mol. The maximum absolute atomic E-state index is 10.9. The van der Waals surface area contributed by atoms with Gasteiger partial charge in [-0.1, -0.05) is 25.3 Å². The molecule has 2 aromatic heterocycles. The van der Waals surface area contributed by atoms with E-state index in [1.165, 1.54) is 16.9 Å². The standard InChI is InChI=1S/C21H29N3OS/c25-21(8-3-1-4-9-21)19-16-18(17-26-19)7-11-23-12-14-24(15-13-23)20-6-2-5-10-22-20/h2,5-6,10,16-17,25H,1,3-4,7-9,11-15H2. The molecule has 26 heavy (non-hydrogen) atoms. The highest BCUT2D eigenvalue weighted by molar-refractivity contribution is 7.10. The van der Waals surface area contributed by atoms with Gasteiger partial charge in [0.05, 0.1) is 5.60 Å². The number of piperazine rings is 1. The lowest BCUT2D eigenvalue weighted by molar-refractivity contribution is 0.00279. The molecule has 2 aromatic rings. The fraction of sp³-hybridized carbons (Fsp3) is 0.571. The zero-order valence-electron chi connectivity index (χ0n) is 15.4. The Balaban J connectivity index is 1.26. The number of anilines is 1. The van der Waals surface area contributed by atoms with E-state index < -0.39 is 5.60 Å². The highest BCUT2D eigenvalue weighted by atomic mass is 32.1. The molecule has 0 spiro atoms. The molecule has 4 rings (SSSR count). The fourth-order valence-electron chi connectivity index (χ4n) is 4.16. The molecule has 0 amide bonds. The average Bonchev–Trinajstić information content (AvgIpc) is 3.18. The molecule has 1 aliphatic carbocycles. The van der Waals surface area contributed by atoms with Gasteiger partial charge >= 0.3 is 0 Å². The molecule has 1 N–H and O–H groups in total. The Morgan fingerprint density at radius 3 is 2.62 bits per heavy atom. The number of hydrogen-bond acceptors (Lipinski definition) is 5. The molecular formula is C21H29N3OS. The van der Waals surface area contributed by atoms with Crippen molar-refractivity contribution in [1.82, 2.24) is 9.88 Å². The van der Waals surface area contributed by atoms with Gasteiger partial charge in [0.1, 0.15) is 5.82 Å². The average molecular weight is 372 g/mol. The van der Waals surface area contributed by atoms with E-state index in [1.54, 1.807) is 11.3 Å². The predicted molar refractivity (Wildman–Crippen MR) is 108 cm³/mol. The Hall–Kier alpha value is -1.43. The minimum Gasteiger partial charge on any atom is -0.384 e. The zero-order valence-corrected chi connectivity index (χ0v) is 16.3. The first-order chi connectivity index (χ1) is 12.7. The van der Waals surface area contributed by atoms with Crippen LogP contribution in [0.5, 0.6) is 0 Å². The van der Waals surface area contributed by atoms with Crippen LogP contribution in [-0.4, -0.2) is 47.7 Å². The van der Waals surface area contributed by atoms with Crippen molar-refractivity contribution in [3.8, 4) is 0 Å². The van der Waals surface area contributed by atoms with E-state index in [2.05, 4.69) is 38.4 Å². The van der Waals surface area contributed by atoms with Gasteiger partial charge in [0.25, 0.3) is 0 Å². The zero-order chi connectivity index (χ0) is 17.8. The molecule has 0 unspecified atom stereocenters. The maximum atomic E-state index is 10.9. The molecule has 0 radical (unpaired) electrons. The summed E-state index contributed by atoms with van der Waals surface area (Å²) in [6.07, 6.45) is 8.40. The Kier molecular flexibility index (Phi) is 5.57. The van der Waals surface area contributed by atoms with Crippen LogP contribution in [0.15, 0.2) is 35.8 Å². The van der Waals surface area contributed by atoms with Gasteiger partial charge in [-0.3, -0.25) is 4.90 Å². The number of pyridine rings is 1. The monoisotopic (exact) mass is 371 g/mol. The first-order valence-electron chi connectivity index (χ1n) is 9.92. The smallest absolute Gasteiger partial charge is 0.128 e. The number of rotatable bonds is 5. The summed E-state index contributed by atoms with van der Waals surface area (Å²) in [6.45, 7) is 5.39. The van der Waals surface area contributed by atoms with Crippen molar-refractivity contribution in [3.63, 3.8) is 0 Å². The van der Waals surface area contributed by atoms with E-state index in [0.717, 1.165) is 70.6 Å². The van der Waals surface area contributed by atoms with Gasteiger partial charge in [0.15, 0.2) is 0 Å². The van der Waals surface area contributed by atoms with Gasteiger partial charge in [-0.25, -0.2) is 4.98 Å². The van der Waals surface area contributed by atoms with Crippen LogP contribution in [0.4, 0.5) is 5.82 Å². The molecule has 0 aromatic carbocycles. The third kappa shape index (κ3) is 4.11. The van der Waals surface area contributed by atoms with Crippen LogP contribution in [-0.2, 0) is 12.0 Å². The van der Waals surface area contributed by atoms with Gasteiger partial charge < -0.3 is 10.0 Å². The Labute approximate surface area is 160 Å². The fourth-order valence-corrected chi connectivity index (χ4v) is 5.27. The highest BCUT2D eigenvalue weighted by Crippen LogP contribution is 2.39. The van der Waals surface area contributed by atoms with E-state index in [1.807, 2.05) is 12.3 Å². The van der Waals surface area contributed by atoms with Crippen LogP contribution in [0.2, 0.25) is 0 Å². The van der Waals surface area contributed by atoms with E-state index in [9.17, 15) is 5.11 Å². The number of hydrogen-bond donors (Lipinski definition) is 1. The lowest BCUT2D eigenvalue weighted by Crippen LogP contribution is -2.47. The summed E-state index contributed by atoms with van der Waals surface area (Å²) in [4.78, 5) is 10.6. The Bertz CT molecular complexity index is 688. The normalized spacial score (nSPS) is 21.0. The van der Waals surface area contributed by atoms with Crippen LogP contribution < -0.4 is 4.90 Å². The molecule has 0 bridgehead atoms. The molecule has 140 valence electrons. The predicted octanol–water partition coefficient (Wildman–Crippen LogP) is 3.66. The number of aromatic nitrogens is 1. The molecule has 0 atom stereocenters. The lowest BCUT2D eigenvalue weighted by atomic mass is 9.83. The van der Waals surface area contributed by atoms with Gasteiger partial charge in [0, 0.05) is 43.8 Å². The van der Waals surface area contributed by atoms with Gasteiger partial charge in [-0.2, -0.15) is 0 Å². The third-order valence-corrected chi connectivity index (χ3v) is 7.03. The Morgan fingerprint density at radius 1 is 1.08 bits per heavy atom.